The lowest BCUT2D eigenvalue weighted by Crippen LogP contribution is -2.14. The fourth-order valence-electron chi connectivity index (χ4n) is 2.90. The molecule has 1 aromatic heterocycles. The average molecular weight is 314 g/mol. The number of carbonyl (C=O) groups excluding carboxylic acids is 1. The van der Waals surface area contributed by atoms with Crippen LogP contribution in [0.4, 0.5) is 5.69 Å². The molecule has 23 heavy (non-hydrogen) atoms. The van der Waals surface area contributed by atoms with Crippen LogP contribution in [0.5, 0.6) is 5.75 Å². The molecule has 0 aliphatic heterocycles. The zero-order chi connectivity index (χ0) is 17.0. The highest BCUT2D eigenvalue weighted by atomic mass is 16.5. The molecule has 124 valence electrons. The van der Waals surface area contributed by atoms with Gasteiger partial charge in [0.2, 0.25) is 0 Å². The first-order valence-electron chi connectivity index (χ1n) is 8.17. The van der Waals surface area contributed by atoms with Crippen molar-refractivity contribution in [2.75, 3.05) is 11.9 Å². The Balaban J connectivity index is 2.25. The molecule has 1 amide bonds. The first-order valence-corrected chi connectivity index (χ1v) is 8.17. The lowest BCUT2D eigenvalue weighted by atomic mass is 10.2. The summed E-state index contributed by atoms with van der Waals surface area (Å²) in [5.74, 6) is 0.609. The molecule has 1 heterocycles. The van der Waals surface area contributed by atoms with Crippen molar-refractivity contribution in [1.82, 2.24) is 4.57 Å². The monoisotopic (exact) mass is 314 g/mol. The van der Waals surface area contributed by atoms with Crippen molar-refractivity contribution in [3.63, 3.8) is 0 Å². The molecule has 4 heteroatoms. The molecule has 0 radical (unpaired) electrons. The van der Waals surface area contributed by atoms with Crippen molar-refractivity contribution in [3.05, 3.63) is 47.3 Å². The van der Waals surface area contributed by atoms with Gasteiger partial charge in [0, 0.05) is 17.4 Å². The predicted octanol–water partition coefficient (Wildman–Crippen LogP) is 4.73. The largest absolute Gasteiger partial charge is 0.491 e. The number of para-hydroxylation sites is 2. The van der Waals surface area contributed by atoms with E-state index in [1.807, 2.05) is 44.2 Å². The molecule has 0 aliphatic carbocycles. The van der Waals surface area contributed by atoms with Gasteiger partial charge in [0.15, 0.2) is 0 Å². The second kappa shape index (κ2) is 7.36. The Hall–Kier alpha value is -2.23. The summed E-state index contributed by atoms with van der Waals surface area (Å²) in [6.07, 6.45) is 0.928. The number of benzene rings is 1. The summed E-state index contributed by atoms with van der Waals surface area (Å²) < 4.78 is 7.88. The molecule has 0 spiro atoms. The van der Waals surface area contributed by atoms with Crippen molar-refractivity contribution in [2.45, 2.75) is 47.1 Å². The van der Waals surface area contributed by atoms with Gasteiger partial charge in [-0.2, -0.15) is 0 Å². The molecule has 2 rings (SSSR count). The predicted molar refractivity (Wildman–Crippen MR) is 94.5 cm³/mol. The van der Waals surface area contributed by atoms with Gasteiger partial charge in [0.1, 0.15) is 5.75 Å². The van der Waals surface area contributed by atoms with Crippen LogP contribution >= 0.6 is 0 Å². The quantitative estimate of drug-likeness (QED) is 0.838. The maximum Gasteiger partial charge on any atom is 0.257 e. The Morgan fingerprint density at radius 3 is 2.57 bits per heavy atom. The van der Waals surface area contributed by atoms with E-state index in [-0.39, 0.29) is 5.91 Å². The van der Waals surface area contributed by atoms with E-state index in [9.17, 15) is 4.79 Å². The number of anilines is 1. The van der Waals surface area contributed by atoms with Gasteiger partial charge in [-0.1, -0.05) is 19.1 Å². The van der Waals surface area contributed by atoms with E-state index in [0.29, 0.717) is 29.6 Å². The van der Waals surface area contributed by atoms with Gasteiger partial charge in [-0.3, -0.25) is 4.79 Å². The van der Waals surface area contributed by atoms with E-state index in [2.05, 4.69) is 30.7 Å². The van der Waals surface area contributed by atoms with Gasteiger partial charge in [-0.25, -0.2) is 0 Å². The van der Waals surface area contributed by atoms with Crippen LogP contribution in [0.15, 0.2) is 30.3 Å². The molecule has 1 aromatic carbocycles. The van der Waals surface area contributed by atoms with Gasteiger partial charge in [0.25, 0.3) is 5.91 Å². The summed E-state index contributed by atoms with van der Waals surface area (Å²) in [5.41, 5.74) is 3.50. The third-order valence-corrected chi connectivity index (χ3v) is 3.84. The molecule has 0 bridgehead atoms. The molecule has 0 unspecified atom stereocenters. The molecular weight excluding hydrogens is 288 g/mol. The van der Waals surface area contributed by atoms with E-state index in [0.717, 1.165) is 17.8 Å². The summed E-state index contributed by atoms with van der Waals surface area (Å²) >= 11 is 0. The van der Waals surface area contributed by atoms with Crippen LogP contribution in [-0.2, 0) is 0 Å². The van der Waals surface area contributed by atoms with Gasteiger partial charge in [-0.15, -0.1) is 0 Å². The maximum atomic E-state index is 12.7. The highest BCUT2D eigenvalue weighted by Gasteiger charge is 2.18. The molecule has 2 aromatic rings. The number of hydrogen-bond donors (Lipinski definition) is 1. The van der Waals surface area contributed by atoms with Crippen LogP contribution in [0.2, 0.25) is 0 Å². The molecule has 0 aliphatic rings. The number of aryl methyl sites for hydroxylation is 1. The summed E-state index contributed by atoms with van der Waals surface area (Å²) in [4.78, 5) is 12.7. The molecule has 0 saturated heterocycles. The summed E-state index contributed by atoms with van der Waals surface area (Å²) in [7, 11) is 0. The highest BCUT2D eigenvalue weighted by molar-refractivity contribution is 6.06. The van der Waals surface area contributed by atoms with E-state index in [1.165, 1.54) is 0 Å². The van der Waals surface area contributed by atoms with Crippen molar-refractivity contribution >= 4 is 11.6 Å². The fraction of sp³-hybridized carbons (Fsp3) is 0.421. The number of rotatable bonds is 6. The lowest BCUT2D eigenvalue weighted by Gasteiger charge is -2.14. The summed E-state index contributed by atoms with van der Waals surface area (Å²) in [6.45, 7) is 10.9. The van der Waals surface area contributed by atoms with E-state index in [4.69, 9.17) is 4.74 Å². The molecule has 0 atom stereocenters. The first-order chi connectivity index (χ1) is 11.0. The van der Waals surface area contributed by atoms with E-state index < -0.39 is 0 Å². The number of nitrogens with zero attached hydrogens (tertiary/aromatic N) is 1. The van der Waals surface area contributed by atoms with Gasteiger partial charge in [-0.05, 0) is 52.3 Å². The van der Waals surface area contributed by atoms with E-state index in [1.54, 1.807) is 0 Å². The van der Waals surface area contributed by atoms with Crippen LogP contribution in [0, 0.1) is 13.8 Å². The number of carbonyl (C=O) groups is 1. The zero-order valence-corrected chi connectivity index (χ0v) is 14.6. The van der Waals surface area contributed by atoms with Crippen LogP contribution in [0.1, 0.15) is 55.0 Å². The van der Waals surface area contributed by atoms with Gasteiger partial charge in [0.05, 0.1) is 17.9 Å². The van der Waals surface area contributed by atoms with Crippen molar-refractivity contribution < 1.29 is 9.53 Å². The normalized spacial score (nSPS) is 10.9. The Morgan fingerprint density at radius 1 is 1.26 bits per heavy atom. The smallest absolute Gasteiger partial charge is 0.257 e. The Labute approximate surface area is 138 Å². The number of aromatic nitrogens is 1. The topological polar surface area (TPSA) is 43.3 Å². The first kappa shape index (κ1) is 17.1. The minimum Gasteiger partial charge on any atom is -0.491 e. The minimum absolute atomic E-state index is 0.0995. The fourth-order valence-corrected chi connectivity index (χ4v) is 2.90. The van der Waals surface area contributed by atoms with Crippen molar-refractivity contribution in [3.8, 4) is 5.75 Å². The molecule has 4 nitrogen and oxygen atoms in total. The lowest BCUT2D eigenvalue weighted by molar-refractivity contribution is 0.102. The number of amides is 1. The zero-order valence-electron chi connectivity index (χ0n) is 14.6. The minimum atomic E-state index is -0.0995. The van der Waals surface area contributed by atoms with Gasteiger partial charge >= 0.3 is 0 Å². The molecule has 0 saturated carbocycles. The van der Waals surface area contributed by atoms with Gasteiger partial charge < -0.3 is 14.6 Å². The summed E-state index contributed by atoms with van der Waals surface area (Å²) in [5, 5.41) is 2.98. The summed E-state index contributed by atoms with van der Waals surface area (Å²) in [6, 6.07) is 9.82. The average Bonchev–Trinajstić information content (AvgIpc) is 2.81. The molecule has 1 N–H and O–H groups in total. The number of nitrogens with one attached hydrogen (secondary N) is 1. The number of hydrogen-bond acceptors (Lipinski definition) is 2. The Morgan fingerprint density at radius 2 is 1.96 bits per heavy atom. The number of ether oxygens (including phenoxy) is 1. The van der Waals surface area contributed by atoms with Crippen LogP contribution in [0.25, 0.3) is 0 Å². The third-order valence-electron chi connectivity index (χ3n) is 3.84. The highest BCUT2D eigenvalue weighted by Crippen LogP contribution is 2.26. The van der Waals surface area contributed by atoms with E-state index >= 15 is 0 Å². The van der Waals surface area contributed by atoms with Crippen LogP contribution < -0.4 is 10.1 Å². The SMILES string of the molecule is CCCOc1ccccc1NC(=O)c1cc(C)n(C(C)C)c1C. The molecule has 0 fully saturated rings. The Kier molecular flexibility index (Phi) is 5.48. The van der Waals surface area contributed by atoms with Crippen LogP contribution in [-0.4, -0.2) is 17.1 Å². The third kappa shape index (κ3) is 3.76. The second-order valence-corrected chi connectivity index (χ2v) is 6.05. The standard InChI is InChI=1S/C19H26N2O2/c1-6-11-23-18-10-8-7-9-17(18)20-19(22)16-12-14(4)21(13(2)3)15(16)5/h7-10,12-13H,6,11H2,1-5H3,(H,20,22). The Bertz CT molecular complexity index is 687. The van der Waals surface area contributed by atoms with Crippen molar-refractivity contribution in [1.29, 1.82) is 0 Å². The van der Waals surface area contributed by atoms with Crippen molar-refractivity contribution in [2.24, 2.45) is 0 Å². The maximum absolute atomic E-state index is 12.7. The van der Waals surface area contributed by atoms with Crippen LogP contribution in [0.3, 0.4) is 0 Å². The second-order valence-electron chi connectivity index (χ2n) is 6.05. The molecular formula is C19H26N2O2.